The van der Waals surface area contributed by atoms with Crippen LogP contribution in [-0.2, 0) is 22.5 Å². The van der Waals surface area contributed by atoms with Gasteiger partial charge in [-0.3, -0.25) is 14.9 Å². The van der Waals surface area contributed by atoms with Gasteiger partial charge in [-0.25, -0.2) is 4.79 Å². The number of alkyl carbamates (subject to hydrolysis) is 1. The summed E-state index contributed by atoms with van der Waals surface area (Å²) in [5, 5.41) is 10.3. The third kappa shape index (κ3) is 10.2. The molecule has 3 amide bonds. The second-order valence-corrected chi connectivity index (χ2v) is 15.0. The summed E-state index contributed by atoms with van der Waals surface area (Å²) in [5.74, 6) is -0.0996. The Kier molecular flexibility index (Phi) is 12.0. The summed E-state index contributed by atoms with van der Waals surface area (Å²) in [6, 6.07) is 35.2. The van der Waals surface area contributed by atoms with Crippen molar-refractivity contribution in [1.82, 2.24) is 20.9 Å². The minimum atomic E-state index is -0.650. The number of hydrogen-bond acceptors (Lipinski definition) is 6. The van der Waals surface area contributed by atoms with Gasteiger partial charge in [-0.15, -0.1) is 0 Å². The summed E-state index contributed by atoms with van der Waals surface area (Å²) in [6.45, 7) is 9.40. The zero-order valence-corrected chi connectivity index (χ0v) is 32.3. The number of imide groups is 1. The van der Waals surface area contributed by atoms with Gasteiger partial charge < -0.3 is 25.1 Å². The lowest BCUT2D eigenvalue weighted by Crippen LogP contribution is -2.48. The number of aromatic nitrogens is 1. The van der Waals surface area contributed by atoms with E-state index in [1.54, 1.807) is 58.0 Å². The Morgan fingerprint density at radius 2 is 1.56 bits per heavy atom. The van der Waals surface area contributed by atoms with Crippen LogP contribution in [0.25, 0.3) is 33.2 Å². The Balaban J connectivity index is 1.24. The Morgan fingerprint density at radius 1 is 0.800 bits per heavy atom. The van der Waals surface area contributed by atoms with Crippen LogP contribution in [0.2, 0.25) is 5.02 Å². The van der Waals surface area contributed by atoms with Crippen molar-refractivity contribution in [2.45, 2.75) is 65.3 Å². The number of benzene rings is 5. The molecule has 0 saturated carbocycles. The Morgan fingerprint density at radius 3 is 2.35 bits per heavy atom. The van der Waals surface area contributed by atoms with Crippen LogP contribution < -0.4 is 20.7 Å². The number of aromatic amines is 1. The van der Waals surface area contributed by atoms with Gasteiger partial charge in [-0.1, -0.05) is 78.3 Å². The van der Waals surface area contributed by atoms with Crippen molar-refractivity contribution in [3.63, 3.8) is 0 Å². The predicted molar refractivity (Wildman–Crippen MR) is 218 cm³/mol. The van der Waals surface area contributed by atoms with Crippen molar-refractivity contribution in [3.05, 3.63) is 143 Å². The van der Waals surface area contributed by atoms with Gasteiger partial charge in [0.25, 0.3) is 5.91 Å². The van der Waals surface area contributed by atoms with E-state index >= 15 is 0 Å². The molecule has 0 saturated heterocycles. The van der Waals surface area contributed by atoms with E-state index in [9.17, 15) is 14.4 Å². The number of fused-ring (bicyclic) bond motifs is 1. The molecule has 0 spiro atoms. The number of ether oxygens (including phenoxy) is 2. The molecule has 10 heteroatoms. The first-order valence-corrected chi connectivity index (χ1v) is 18.6. The number of halogens is 1. The van der Waals surface area contributed by atoms with Crippen LogP contribution in [0.5, 0.6) is 11.5 Å². The first-order chi connectivity index (χ1) is 26.3. The molecule has 282 valence electrons. The molecule has 55 heavy (non-hydrogen) atoms. The lowest BCUT2D eigenvalue weighted by molar-refractivity contribution is -0.121. The normalized spacial score (nSPS) is 12.5. The quantitative estimate of drug-likeness (QED) is 0.0987. The molecule has 0 radical (unpaired) electrons. The van der Waals surface area contributed by atoms with E-state index in [4.69, 9.17) is 21.1 Å². The molecule has 1 heterocycles. The summed E-state index contributed by atoms with van der Waals surface area (Å²) in [4.78, 5) is 43.1. The van der Waals surface area contributed by atoms with Gasteiger partial charge in [0.15, 0.2) is 0 Å². The molecule has 6 aromatic rings. The summed E-state index contributed by atoms with van der Waals surface area (Å²) in [7, 11) is 0. The van der Waals surface area contributed by atoms with Crippen molar-refractivity contribution in [1.29, 1.82) is 0 Å². The smallest absolute Gasteiger partial charge is 0.407 e. The molecule has 5 aromatic carbocycles. The zero-order valence-electron chi connectivity index (χ0n) is 31.5. The monoisotopic (exact) mass is 756 g/mol. The first kappa shape index (κ1) is 38.8. The molecule has 0 bridgehead atoms. The first-order valence-electron chi connectivity index (χ1n) is 18.2. The van der Waals surface area contributed by atoms with E-state index in [1.165, 1.54) is 0 Å². The van der Waals surface area contributed by atoms with Gasteiger partial charge in [0, 0.05) is 51.9 Å². The molecular formula is C45H45ClN4O5. The SMILES string of the molecule is CC(Cc1c[nH]c2ccccc12)NC(C)C(=O)NC(=O)c1ccc(-c2ccccc2)cc1-c1ccc(Cl)cc1Oc1cccc(CNC(=O)OC(C)(C)C)c1. The molecular weight excluding hydrogens is 712 g/mol. The minimum Gasteiger partial charge on any atom is -0.457 e. The van der Waals surface area contributed by atoms with Gasteiger partial charge in [-0.05, 0) is 111 Å². The van der Waals surface area contributed by atoms with Gasteiger partial charge in [-0.2, -0.15) is 0 Å². The van der Waals surface area contributed by atoms with Gasteiger partial charge in [0.05, 0.1) is 6.04 Å². The summed E-state index contributed by atoms with van der Waals surface area (Å²) in [5.41, 5.74) is 5.63. The highest BCUT2D eigenvalue weighted by Crippen LogP contribution is 2.39. The van der Waals surface area contributed by atoms with Crippen LogP contribution in [0, 0.1) is 0 Å². The van der Waals surface area contributed by atoms with E-state index in [-0.39, 0.29) is 18.2 Å². The highest BCUT2D eigenvalue weighted by atomic mass is 35.5. The highest BCUT2D eigenvalue weighted by molar-refractivity contribution is 6.30. The van der Waals surface area contributed by atoms with E-state index in [0.29, 0.717) is 34.1 Å². The molecule has 9 nitrogen and oxygen atoms in total. The number of carbonyl (C=O) groups excluding carboxylic acids is 3. The minimum absolute atomic E-state index is 0.0452. The van der Waals surface area contributed by atoms with Crippen molar-refractivity contribution >= 4 is 40.4 Å². The zero-order chi connectivity index (χ0) is 39.1. The Bertz CT molecular complexity index is 2310. The predicted octanol–water partition coefficient (Wildman–Crippen LogP) is 9.84. The third-order valence-corrected chi connectivity index (χ3v) is 9.17. The summed E-state index contributed by atoms with van der Waals surface area (Å²) >= 11 is 6.51. The number of para-hydroxylation sites is 1. The molecule has 4 N–H and O–H groups in total. The number of hydrogen-bond donors (Lipinski definition) is 4. The van der Waals surface area contributed by atoms with Crippen molar-refractivity contribution in [2.75, 3.05) is 0 Å². The molecule has 0 aliphatic heterocycles. The number of rotatable bonds is 12. The largest absolute Gasteiger partial charge is 0.457 e. The van der Waals surface area contributed by atoms with Crippen molar-refractivity contribution < 1.29 is 23.9 Å². The Hall–Kier alpha value is -5.90. The van der Waals surface area contributed by atoms with Crippen molar-refractivity contribution in [2.24, 2.45) is 0 Å². The lowest BCUT2D eigenvalue weighted by atomic mass is 9.93. The van der Waals surface area contributed by atoms with Crippen LogP contribution in [0.4, 0.5) is 4.79 Å². The molecule has 2 atom stereocenters. The van der Waals surface area contributed by atoms with Crippen LogP contribution >= 0.6 is 11.6 Å². The fraction of sp³-hybridized carbons (Fsp3) is 0.222. The molecule has 1 aromatic heterocycles. The maximum absolute atomic E-state index is 14.0. The van der Waals surface area contributed by atoms with Gasteiger partial charge in [0.1, 0.15) is 17.1 Å². The van der Waals surface area contributed by atoms with Crippen LogP contribution in [0.3, 0.4) is 0 Å². The van der Waals surface area contributed by atoms with Crippen LogP contribution in [0.1, 0.15) is 56.1 Å². The maximum atomic E-state index is 14.0. The van der Waals surface area contributed by atoms with E-state index in [0.717, 1.165) is 33.2 Å². The second-order valence-electron chi connectivity index (χ2n) is 14.5. The molecule has 0 aliphatic carbocycles. The number of carbonyl (C=O) groups is 3. The molecule has 6 rings (SSSR count). The van der Waals surface area contributed by atoms with Crippen molar-refractivity contribution in [3.8, 4) is 33.8 Å². The second kappa shape index (κ2) is 17.1. The Labute approximate surface area is 326 Å². The van der Waals surface area contributed by atoms with E-state index < -0.39 is 29.6 Å². The average molecular weight is 757 g/mol. The highest BCUT2D eigenvalue weighted by Gasteiger charge is 2.23. The fourth-order valence-electron chi connectivity index (χ4n) is 6.39. The number of H-pyrrole nitrogens is 1. The third-order valence-electron chi connectivity index (χ3n) is 8.93. The number of amides is 3. The molecule has 0 fully saturated rings. The standard InChI is InChI=1S/C45H45ClN4O5/c1-28(22-33-27-47-40-17-10-9-16-36(33)40)49-29(2)42(51)50-43(52)38-20-18-32(31-13-7-6-8-14-31)24-39(38)37-21-19-34(46)25-41(37)54-35-15-11-12-30(23-35)26-48-44(53)55-45(3,4)5/h6-21,23-25,27-29,47,49H,22,26H2,1-5H3,(H,48,53)(H,50,51,52). The average Bonchev–Trinajstić information content (AvgIpc) is 3.56. The summed E-state index contributed by atoms with van der Waals surface area (Å²) in [6.07, 6.45) is 2.17. The fourth-order valence-corrected chi connectivity index (χ4v) is 6.55. The van der Waals surface area contributed by atoms with E-state index in [1.807, 2.05) is 92.0 Å². The number of nitrogens with one attached hydrogen (secondary N) is 4. The summed E-state index contributed by atoms with van der Waals surface area (Å²) < 4.78 is 11.8. The lowest BCUT2D eigenvalue weighted by Gasteiger charge is -2.20. The van der Waals surface area contributed by atoms with E-state index in [2.05, 4.69) is 27.0 Å². The molecule has 0 aliphatic rings. The van der Waals surface area contributed by atoms with Gasteiger partial charge in [0.2, 0.25) is 5.91 Å². The van der Waals surface area contributed by atoms with Crippen LogP contribution in [0.15, 0.2) is 121 Å². The van der Waals surface area contributed by atoms with Crippen LogP contribution in [-0.4, -0.2) is 40.6 Å². The topological polar surface area (TPSA) is 122 Å². The molecule has 2 unspecified atom stereocenters. The van der Waals surface area contributed by atoms with Gasteiger partial charge >= 0.3 is 6.09 Å². The maximum Gasteiger partial charge on any atom is 0.407 e.